The molecule has 68 heavy (non-hydrogen) atoms. The van der Waals surface area contributed by atoms with E-state index in [4.69, 9.17) is 0 Å². The summed E-state index contributed by atoms with van der Waals surface area (Å²) in [4.78, 5) is 49.3. The molecule has 0 unspecified atom stereocenters. The molecule has 0 bridgehead atoms. The van der Waals surface area contributed by atoms with Crippen LogP contribution >= 0.6 is 0 Å². The number of nitrogens with one attached hydrogen (secondary N) is 2. The van der Waals surface area contributed by atoms with Gasteiger partial charge >= 0.3 is 11.9 Å². The summed E-state index contributed by atoms with van der Waals surface area (Å²) < 4.78 is 4.36. The number of rotatable bonds is 20. The molecule has 2 heterocycles. The Morgan fingerprint density at radius 1 is 0.544 bits per heavy atom. The molecule has 6 atom stereocenters. The lowest BCUT2D eigenvalue weighted by molar-refractivity contribution is -0.139. The van der Waals surface area contributed by atoms with E-state index >= 15 is 0 Å². The van der Waals surface area contributed by atoms with E-state index in [0.717, 1.165) is 85.0 Å². The van der Waals surface area contributed by atoms with Crippen LogP contribution in [0, 0.1) is 25.7 Å². The first-order chi connectivity index (χ1) is 32.8. The first-order valence-corrected chi connectivity index (χ1v) is 24.5. The van der Waals surface area contributed by atoms with Crippen LogP contribution in [0.25, 0.3) is 0 Å². The maximum atomic E-state index is 13.4. The summed E-state index contributed by atoms with van der Waals surface area (Å²) in [5, 5.41) is 24.7. The quantitative estimate of drug-likeness (QED) is 0.0601. The van der Waals surface area contributed by atoms with Gasteiger partial charge < -0.3 is 30.0 Å². The molecule has 0 radical (unpaired) electrons. The maximum Gasteiger partial charge on any atom is 0.307 e. The molecule has 8 rings (SSSR count). The highest BCUT2D eigenvalue weighted by Gasteiger charge is 2.45. The highest BCUT2D eigenvalue weighted by Crippen LogP contribution is 2.49. The molecule has 2 amide bonds. The largest absolute Gasteiger partial charge is 0.481 e. The average molecular weight is 917 g/mol. The summed E-state index contributed by atoms with van der Waals surface area (Å²) in [6.07, 6.45) is 9.11. The molecular formula is C58H68N4O6. The molecule has 10 nitrogen and oxygen atoms in total. The van der Waals surface area contributed by atoms with Gasteiger partial charge in [0.05, 0.1) is 11.8 Å². The number of hydrogen-bond donors (Lipinski definition) is 4. The van der Waals surface area contributed by atoms with Crippen molar-refractivity contribution < 1.29 is 29.4 Å². The van der Waals surface area contributed by atoms with Crippen molar-refractivity contribution >= 4 is 35.1 Å². The maximum absolute atomic E-state index is 13.4. The van der Waals surface area contributed by atoms with Gasteiger partial charge in [-0.1, -0.05) is 98.8 Å². The highest BCUT2D eigenvalue weighted by molar-refractivity contribution is 6.04. The van der Waals surface area contributed by atoms with Crippen LogP contribution in [0.2, 0.25) is 0 Å². The van der Waals surface area contributed by atoms with E-state index < -0.39 is 11.9 Å². The van der Waals surface area contributed by atoms with Crippen molar-refractivity contribution in [2.45, 2.75) is 130 Å². The minimum Gasteiger partial charge on any atom is -0.481 e. The zero-order valence-corrected chi connectivity index (χ0v) is 40.5. The number of anilines is 2. The van der Waals surface area contributed by atoms with Crippen LogP contribution in [-0.2, 0) is 35.3 Å². The molecule has 0 saturated heterocycles. The molecule has 4 aromatic carbocycles. The summed E-state index contributed by atoms with van der Waals surface area (Å²) >= 11 is 0. The van der Waals surface area contributed by atoms with Crippen LogP contribution in [0.4, 0.5) is 11.4 Å². The summed E-state index contributed by atoms with van der Waals surface area (Å²) in [7, 11) is 0. The Kier molecular flexibility index (Phi) is 16.2. The van der Waals surface area contributed by atoms with Crippen molar-refractivity contribution in [3.05, 3.63) is 177 Å². The molecule has 2 aliphatic carbocycles. The van der Waals surface area contributed by atoms with E-state index in [2.05, 4.69) is 108 Å². The fourth-order valence-corrected chi connectivity index (χ4v) is 9.46. The first-order valence-electron chi connectivity index (χ1n) is 24.5. The van der Waals surface area contributed by atoms with E-state index in [1.54, 1.807) is 0 Å². The van der Waals surface area contributed by atoms with Crippen molar-refractivity contribution in [3.8, 4) is 0 Å². The molecule has 0 aliphatic heterocycles. The Morgan fingerprint density at radius 3 is 1.26 bits per heavy atom. The number of carbonyl (C=O) groups is 4. The lowest BCUT2D eigenvalue weighted by atomic mass is 10.0. The molecule has 2 aromatic heterocycles. The van der Waals surface area contributed by atoms with Gasteiger partial charge in [0.2, 0.25) is 0 Å². The Hall–Kier alpha value is -6.68. The zero-order valence-electron chi connectivity index (χ0n) is 40.5. The number of aryl methyl sites for hydroxylation is 6. The SMILES string of the molecule is CC[C@H](C)n1c(CCCc2ccccc2)ccc1C(=O)Nc1cc([C@@H]2C[C@@H]2C(=O)O)ccc1C.CC[C@H](C)n1c(CCCc2ccccc2)ccc1C(=O)Nc1cc([C@H]2C[C@H]2C(=O)O)ccc1C. The van der Waals surface area contributed by atoms with Gasteiger partial charge in [-0.25, -0.2) is 0 Å². The second kappa shape index (κ2) is 22.4. The Bertz CT molecular complexity index is 2520. The molecule has 0 spiro atoms. The van der Waals surface area contributed by atoms with E-state index in [1.807, 2.05) is 74.5 Å². The standard InChI is InChI=1S/2C29H34N2O3/c2*1-4-20(3)31-23(12-8-11-21-9-6-5-7-10-21)15-16-27(31)28(32)30-26-17-22(14-13-19(26)2)24-18-25(24)29(33)34/h2*5-7,9-10,13-17,20,24-25H,4,8,11-12,18H2,1-3H3,(H,30,32)(H,33,34)/t20-,24+,25+;20-,24-,25-/m00/s1. The van der Waals surface area contributed by atoms with Gasteiger partial charge in [0.1, 0.15) is 11.4 Å². The van der Waals surface area contributed by atoms with E-state index in [0.29, 0.717) is 24.2 Å². The van der Waals surface area contributed by atoms with E-state index in [-0.39, 0.29) is 47.6 Å². The fourth-order valence-electron chi connectivity index (χ4n) is 9.46. The predicted molar refractivity (Wildman–Crippen MR) is 271 cm³/mol. The summed E-state index contributed by atoms with van der Waals surface area (Å²) in [5.74, 6) is -2.30. The summed E-state index contributed by atoms with van der Waals surface area (Å²) in [5.41, 5.74) is 11.8. The normalized spacial score (nSPS) is 17.9. The number of carboxylic acids is 2. The number of carbonyl (C=O) groups excluding carboxylic acids is 2. The molecular weight excluding hydrogens is 849 g/mol. The van der Waals surface area contributed by atoms with Crippen LogP contribution in [0.5, 0.6) is 0 Å². The van der Waals surface area contributed by atoms with Gasteiger partial charge in [-0.2, -0.15) is 0 Å². The second-order valence-corrected chi connectivity index (χ2v) is 19.0. The van der Waals surface area contributed by atoms with Gasteiger partial charge in [0, 0.05) is 34.8 Å². The molecule has 2 fully saturated rings. The van der Waals surface area contributed by atoms with Gasteiger partial charge in [0.15, 0.2) is 0 Å². The van der Waals surface area contributed by atoms with Crippen molar-refractivity contribution in [2.24, 2.45) is 11.8 Å². The molecule has 2 aliphatic rings. The van der Waals surface area contributed by atoms with Gasteiger partial charge in [-0.05, 0) is 174 Å². The zero-order chi connectivity index (χ0) is 48.5. The number of carboxylic acid groups (broad SMARTS) is 2. The lowest BCUT2D eigenvalue weighted by Gasteiger charge is -2.20. The smallest absolute Gasteiger partial charge is 0.307 e. The third-order valence-electron chi connectivity index (χ3n) is 14.1. The summed E-state index contributed by atoms with van der Waals surface area (Å²) in [6.45, 7) is 12.5. The predicted octanol–water partition coefficient (Wildman–Crippen LogP) is 12.8. The molecule has 356 valence electrons. The van der Waals surface area contributed by atoms with E-state index in [1.165, 1.54) is 22.5 Å². The molecule has 4 N–H and O–H groups in total. The minimum atomic E-state index is -0.748. The lowest BCUT2D eigenvalue weighted by Crippen LogP contribution is -2.21. The second-order valence-electron chi connectivity index (χ2n) is 19.0. The third kappa shape index (κ3) is 12.1. The van der Waals surface area contributed by atoms with Crippen LogP contribution in [0.3, 0.4) is 0 Å². The van der Waals surface area contributed by atoms with Crippen molar-refractivity contribution in [3.63, 3.8) is 0 Å². The number of hydrogen-bond acceptors (Lipinski definition) is 4. The number of aliphatic carboxylic acids is 2. The Labute approximate surface area is 401 Å². The topological polar surface area (TPSA) is 143 Å². The molecule has 10 heteroatoms. The van der Waals surface area contributed by atoms with Crippen molar-refractivity contribution in [2.75, 3.05) is 10.6 Å². The average Bonchev–Trinajstić information content (AvgIpc) is 4.25. The van der Waals surface area contributed by atoms with Crippen LogP contribution < -0.4 is 10.6 Å². The number of amides is 2. The third-order valence-corrected chi connectivity index (χ3v) is 14.1. The number of aromatic nitrogens is 2. The number of benzene rings is 4. The Balaban J connectivity index is 0.000000201. The fraction of sp³-hybridized carbons (Fsp3) is 0.379. The van der Waals surface area contributed by atoms with Crippen molar-refractivity contribution in [1.82, 2.24) is 9.13 Å². The van der Waals surface area contributed by atoms with Crippen LogP contribution in [0.15, 0.2) is 121 Å². The Morgan fingerprint density at radius 2 is 0.926 bits per heavy atom. The van der Waals surface area contributed by atoms with Gasteiger partial charge in [-0.3, -0.25) is 19.2 Å². The molecule has 2 saturated carbocycles. The minimum absolute atomic E-state index is 0.0361. The van der Waals surface area contributed by atoms with Crippen LogP contribution in [-0.4, -0.2) is 43.1 Å². The monoisotopic (exact) mass is 917 g/mol. The number of nitrogens with zero attached hydrogens (tertiary/aromatic N) is 2. The summed E-state index contributed by atoms with van der Waals surface area (Å²) in [6, 6.07) is 41.2. The van der Waals surface area contributed by atoms with Crippen molar-refractivity contribution in [1.29, 1.82) is 0 Å². The first kappa shape index (κ1) is 49.2. The van der Waals surface area contributed by atoms with Crippen LogP contribution in [0.1, 0.15) is 156 Å². The van der Waals surface area contributed by atoms with Gasteiger partial charge in [-0.15, -0.1) is 0 Å². The van der Waals surface area contributed by atoms with Gasteiger partial charge in [0.25, 0.3) is 11.8 Å². The highest BCUT2D eigenvalue weighted by atomic mass is 16.4. The van der Waals surface area contributed by atoms with E-state index in [9.17, 15) is 29.4 Å². The molecule has 6 aromatic rings.